The number of aliphatic carboxylic acids is 1. The Labute approximate surface area is 138 Å². The molecule has 0 unspecified atom stereocenters. The van der Waals surface area contributed by atoms with Gasteiger partial charge in [0.2, 0.25) is 0 Å². The Balaban J connectivity index is 1.84. The van der Waals surface area contributed by atoms with Gasteiger partial charge in [0, 0.05) is 10.3 Å². The van der Waals surface area contributed by atoms with Crippen molar-refractivity contribution < 1.29 is 19.5 Å². The zero-order valence-electron chi connectivity index (χ0n) is 13.1. The van der Waals surface area contributed by atoms with Crippen molar-refractivity contribution in [2.45, 2.75) is 42.5 Å². The first kappa shape index (κ1) is 15.9. The van der Waals surface area contributed by atoms with Crippen molar-refractivity contribution in [3.63, 3.8) is 0 Å². The Morgan fingerprint density at radius 1 is 1.22 bits per heavy atom. The van der Waals surface area contributed by atoms with Gasteiger partial charge in [0.1, 0.15) is 17.0 Å². The fourth-order valence-corrected chi connectivity index (χ4v) is 4.88. The third-order valence-electron chi connectivity index (χ3n) is 4.42. The summed E-state index contributed by atoms with van der Waals surface area (Å²) in [6, 6.07) is 7.77. The van der Waals surface area contributed by atoms with E-state index in [9.17, 15) is 19.5 Å². The number of carboxylic acid groups (broad SMARTS) is 1. The molecule has 2 amide bonds. The predicted octanol–water partition coefficient (Wildman–Crippen LogP) is 1.32. The van der Waals surface area contributed by atoms with Gasteiger partial charge in [0.05, 0.1) is 0 Å². The molecule has 2 heterocycles. The van der Waals surface area contributed by atoms with Crippen LogP contribution in [0.4, 0.5) is 0 Å². The highest BCUT2D eigenvalue weighted by Gasteiger charge is 2.70. The van der Waals surface area contributed by atoms with E-state index in [1.54, 1.807) is 31.2 Å². The van der Waals surface area contributed by atoms with Gasteiger partial charge >= 0.3 is 5.97 Å². The molecule has 3 rings (SSSR count). The Kier molecular flexibility index (Phi) is 3.44. The molecule has 2 N–H and O–H groups in total. The van der Waals surface area contributed by atoms with E-state index in [1.165, 1.54) is 16.7 Å². The largest absolute Gasteiger partial charge is 0.480 e. The van der Waals surface area contributed by atoms with Crippen molar-refractivity contribution in [1.29, 1.82) is 0 Å². The summed E-state index contributed by atoms with van der Waals surface area (Å²) >= 11 is 1.41. The van der Waals surface area contributed by atoms with Crippen LogP contribution in [-0.2, 0) is 9.59 Å². The first-order valence-electron chi connectivity index (χ1n) is 7.29. The van der Waals surface area contributed by atoms with E-state index in [0.717, 1.165) is 0 Å². The molecule has 1 aromatic rings. The average Bonchev–Trinajstić information content (AvgIpc) is 2.77. The van der Waals surface area contributed by atoms with Gasteiger partial charge in [-0.3, -0.25) is 9.59 Å². The van der Waals surface area contributed by atoms with Crippen molar-refractivity contribution in [2.75, 3.05) is 0 Å². The Morgan fingerprint density at radius 2 is 1.83 bits per heavy atom. The van der Waals surface area contributed by atoms with Crippen molar-refractivity contribution in [1.82, 2.24) is 10.2 Å². The molecule has 0 spiro atoms. The Morgan fingerprint density at radius 3 is 2.39 bits per heavy atom. The fourth-order valence-electron chi connectivity index (χ4n) is 3.24. The number of carbonyl (C=O) groups is 3. The maximum absolute atomic E-state index is 12.6. The number of benzene rings is 1. The van der Waals surface area contributed by atoms with E-state index >= 15 is 0 Å². The molecule has 2 aliphatic rings. The number of amides is 2. The lowest BCUT2D eigenvalue weighted by Gasteiger charge is -2.51. The first-order valence-corrected chi connectivity index (χ1v) is 8.17. The molecule has 0 bridgehead atoms. The van der Waals surface area contributed by atoms with Crippen LogP contribution in [0.3, 0.4) is 0 Å². The summed E-state index contributed by atoms with van der Waals surface area (Å²) < 4.78 is -0.610. The lowest BCUT2D eigenvalue weighted by atomic mass is 9.86. The molecule has 23 heavy (non-hydrogen) atoms. The standard InChI is InChI=1S/C16H18N2O4S/c1-15(2)10(12(20)21)18-13(22)16(3,14(18)23-15)17-11(19)9-7-5-4-6-8-9/h4-8,10,14H,1-3H3,(H,17,19)(H,20,21)/t10-,14+,16-/m0/s1. The molecule has 7 heteroatoms. The lowest BCUT2D eigenvalue weighted by molar-refractivity contribution is -0.165. The van der Waals surface area contributed by atoms with Crippen LogP contribution in [-0.4, -0.2) is 49.5 Å². The van der Waals surface area contributed by atoms with Crippen LogP contribution < -0.4 is 5.32 Å². The number of nitrogens with one attached hydrogen (secondary N) is 1. The highest BCUT2D eigenvalue weighted by molar-refractivity contribution is 8.01. The molecule has 6 nitrogen and oxygen atoms in total. The van der Waals surface area contributed by atoms with E-state index in [2.05, 4.69) is 5.32 Å². The molecule has 1 aromatic carbocycles. The minimum Gasteiger partial charge on any atom is -0.480 e. The quantitative estimate of drug-likeness (QED) is 0.814. The van der Waals surface area contributed by atoms with Gasteiger partial charge in [-0.25, -0.2) is 4.79 Å². The van der Waals surface area contributed by atoms with Gasteiger partial charge in [-0.15, -0.1) is 11.8 Å². The summed E-state index contributed by atoms with van der Waals surface area (Å²) in [6.45, 7) is 5.27. The second-order valence-electron chi connectivity index (χ2n) is 6.55. The van der Waals surface area contributed by atoms with Crippen LogP contribution in [0.25, 0.3) is 0 Å². The monoisotopic (exact) mass is 334 g/mol. The van der Waals surface area contributed by atoms with E-state index < -0.39 is 22.3 Å². The third-order valence-corrected chi connectivity index (χ3v) is 6.17. The zero-order chi connectivity index (χ0) is 17.0. The van der Waals surface area contributed by atoms with E-state index in [0.29, 0.717) is 5.56 Å². The maximum atomic E-state index is 12.6. The molecule has 2 saturated heterocycles. The summed E-state index contributed by atoms with van der Waals surface area (Å²) in [4.78, 5) is 37.8. The molecule has 0 radical (unpaired) electrons. The van der Waals surface area contributed by atoms with Crippen LogP contribution in [0.2, 0.25) is 0 Å². The summed E-state index contributed by atoms with van der Waals surface area (Å²) in [7, 11) is 0. The Hall–Kier alpha value is -2.02. The SMILES string of the molecule is CC1(C)S[C@H]2N(C(=O)[C@]2(C)NC(=O)c2ccccc2)[C@H]1C(=O)O. The van der Waals surface area contributed by atoms with Gasteiger partial charge in [0.25, 0.3) is 11.8 Å². The highest BCUT2D eigenvalue weighted by Crippen LogP contribution is 2.54. The van der Waals surface area contributed by atoms with E-state index in [4.69, 9.17) is 0 Å². The molecular formula is C16H18N2O4S. The van der Waals surface area contributed by atoms with Crippen molar-refractivity contribution in [3.8, 4) is 0 Å². The van der Waals surface area contributed by atoms with Crippen molar-refractivity contribution in [2.24, 2.45) is 0 Å². The number of carboxylic acids is 1. The number of thioether (sulfide) groups is 1. The molecular weight excluding hydrogens is 316 g/mol. The minimum absolute atomic E-state index is 0.335. The fraction of sp³-hybridized carbons (Fsp3) is 0.438. The highest BCUT2D eigenvalue weighted by atomic mass is 32.2. The Bertz CT molecular complexity index is 691. The third kappa shape index (κ3) is 2.22. The van der Waals surface area contributed by atoms with Crippen LogP contribution in [0.15, 0.2) is 30.3 Å². The van der Waals surface area contributed by atoms with Gasteiger partial charge in [0.15, 0.2) is 0 Å². The van der Waals surface area contributed by atoms with Gasteiger partial charge in [-0.05, 0) is 32.9 Å². The smallest absolute Gasteiger partial charge is 0.327 e. The number of nitrogens with zero attached hydrogens (tertiary/aromatic N) is 1. The number of carbonyl (C=O) groups excluding carboxylic acids is 2. The maximum Gasteiger partial charge on any atom is 0.327 e. The molecule has 0 saturated carbocycles. The second kappa shape index (κ2) is 4.99. The second-order valence-corrected chi connectivity index (χ2v) is 8.28. The van der Waals surface area contributed by atoms with Crippen molar-refractivity contribution >= 4 is 29.5 Å². The molecule has 0 aromatic heterocycles. The summed E-state index contributed by atoms with van der Waals surface area (Å²) in [5.74, 6) is -1.70. The number of β-lactam (4-membered cyclic amide) rings is 1. The zero-order valence-corrected chi connectivity index (χ0v) is 13.9. The number of fused-ring (bicyclic) bond motifs is 1. The average molecular weight is 334 g/mol. The summed E-state index contributed by atoms with van der Waals surface area (Å²) in [5, 5.41) is 11.8. The topological polar surface area (TPSA) is 86.7 Å². The molecule has 122 valence electrons. The van der Waals surface area contributed by atoms with E-state index in [1.807, 2.05) is 19.9 Å². The van der Waals surface area contributed by atoms with Crippen molar-refractivity contribution in [3.05, 3.63) is 35.9 Å². The van der Waals surface area contributed by atoms with Gasteiger partial charge < -0.3 is 15.3 Å². The van der Waals surface area contributed by atoms with Crippen LogP contribution in [0, 0.1) is 0 Å². The van der Waals surface area contributed by atoms with Gasteiger partial charge in [-0.2, -0.15) is 0 Å². The normalized spacial score (nSPS) is 31.3. The van der Waals surface area contributed by atoms with Crippen LogP contribution in [0.1, 0.15) is 31.1 Å². The van der Waals surface area contributed by atoms with Crippen LogP contribution in [0.5, 0.6) is 0 Å². The minimum atomic E-state index is -1.08. The van der Waals surface area contributed by atoms with E-state index in [-0.39, 0.29) is 17.2 Å². The summed E-state index contributed by atoms with van der Waals surface area (Å²) in [5.41, 5.74) is -0.615. The first-order chi connectivity index (χ1) is 10.7. The number of hydrogen-bond donors (Lipinski definition) is 2. The number of rotatable bonds is 3. The molecule has 0 aliphatic carbocycles. The van der Waals surface area contributed by atoms with Crippen LogP contribution >= 0.6 is 11.8 Å². The summed E-state index contributed by atoms with van der Waals surface area (Å²) in [6.07, 6.45) is 0. The number of hydrogen-bond acceptors (Lipinski definition) is 4. The molecule has 3 atom stereocenters. The lowest BCUT2D eigenvalue weighted by Crippen LogP contribution is -2.78. The predicted molar refractivity (Wildman–Crippen MR) is 86.0 cm³/mol. The van der Waals surface area contributed by atoms with Gasteiger partial charge in [-0.1, -0.05) is 18.2 Å². The molecule has 2 fully saturated rings. The molecule has 2 aliphatic heterocycles.